The molecule has 19 heavy (non-hydrogen) atoms. The van der Waals surface area contributed by atoms with Crippen LogP contribution in [0.2, 0.25) is 0 Å². The van der Waals surface area contributed by atoms with Gasteiger partial charge in [-0.15, -0.1) is 0 Å². The molecular formula is C14H27F3N2. The minimum atomic E-state index is -4.02. The van der Waals surface area contributed by atoms with Crippen molar-refractivity contribution in [3.63, 3.8) is 0 Å². The van der Waals surface area contributed by atoms with E-state index in [9.17, 15) is 13.2 Å². The van der Waals surface area contributed by atoms with Crippen LogP contribution in [0.4, 0.5) is 13.2 Å². The van der Waals surface area contributed by atoms with Gasteiger partial charge in [0, 0.05) is 31.1 Å². The molecule has 0 saturated carbocycles. The van der Waals surface area contributed by atoms with E-state index in [1.54, 1.807) is 0 Å². The SMILES string of the molecule is CC(C)N(CC1CCCN1)C(C)CCCC(F)(F)F. The first-order chi connectivity index (χ1) is 8.79. The van der Waals surface area contributed by atoms with Crippen molar-refractivity contribution in [2.45, 2.75) is 77.2 Å². The Labute approximate surface area is 114 Å². The minimum absolute atomic E-state index is 0.213. The molecule has 114 valence electrons. The standard InChI is InChI=1S/C14H27F3N2/c1-11(2)19(10-13-7-5-9-18-13)12(3)6-4-8-14(15,16)17/h11-13,18H,4-10H2,1-3H3. The summed E-state index contributed by atoms with van der Waals surface area (Å²) in [6.07, 6.45) is -1.45. The van der Waals surface area contributed by atoms with Crippen LogP contribution in [0.25, 0.3) is 0 Å². The zero-order chi connectivity index (χ0) is 14.5. The van der Waals surface area contributed by atoms with Gasteiger partial charge in [-0.05, 0) is 53.0 Å². The zero-order valence-corrected chi connectivity index (χ0v) is 12.3. The number of rotatable bonds is 7. The summed E-state index contributed by atoms with van der Waals surface area (Å²) in [5, 5.41) is 3.46. The van der Waals surface area contributed by atoms with Crippen LogP contribution in [0.3, 0.4) is 0 Å². The van der Waals surface area contributed by atoms with Gasteiger partial charge in [-0.1, -0.05) is 0 Å². The highest BCUT2D eigenvalue weighted by molar-refractivity contribution is 4.82. The molecule has 0 aromatic carbocycles. The first-order valence-corrected chi connectivity index (χ1v) is 7.35. The molecule has 1 N–H and O–H groups in total. The van der Waals surface area contributed by atoms with Crippen LogP contribution in [-0.2, 0) is 0 Å². The summed E-state index contributed by atoms with van der Waals surface area (Å²) in [5.41, 5.74) is 0. The molecule has 0 amide bonds. The molecule has 0 aromatic rings. The Hall–Kier alpha value is -0.290. The normalized spacial score (nSPS) is 22.4. The quantitative estimate of drug-likeness (QED) is 0.767. The molecule has 5 heteroatoms. The summed E-state index contributed by atoms with van der Waals surface area (Å²) < 4.78 is 36.5. The van der Waals surface area contributed by atoms with Gasteiger partial charge in [-0.3, -0.25) is 4.90 Å². The predicted molar refractivity (Wildman–Crippen MR) is 72.2 cm³/mol. The number of nitrogens with zero attached hydrogens (tertiary/aromatic N) is 1. The molecule has 2 atom stereocenters. The van der Waals surface area contributed by atoms with Gasteiger partial charge < -0.3 is 5.32 Å². The van der Waals surface area contributed by atoms with Crippen LogP contribution >= 0.6 is 0 Å². The summed E-state index contributed by atoms with van der Waals surface area (Å²) in [5.74, 6) is 0. The first kappa shape index (κ1) is 16.8. The van der Waals surface area contributed by atoms with Crippen LogP contribution in [0.5, 0.6) is 0 Å². The Balaban J connectivity index is 2.37. The lowest BCUT2D eigenvalue weighted by atomic mass is 10.1. The lowest BCUT2D eigenvalue weighted by molar-refractivity contribution is -0.136. The van der Waals surface area contributed by atoms with Gasteiger partial charge in [-0.2, -0.15) is 13.2 Å². The third-order valence-electron chi connectivity index (χ3n) is 3.91. The highest BCUT2D eigenvalue weighted by Gasteiger charge is 2.28. The smallest absolute Gasteiger partial charge is 0.313 e. The van der Waals surface area contributed by atoms with E-state index in [2.05, 4.69) is 24.1 Å². The second-order valence-corrected chi connectivity index (χ2v) is 5.94. The molecule has 2 unspecified atom stereocenters. The second kappa shape index (κ2) is 7.48. The van der Waals surface area contributed by atoms with Crippen molar-refractivity contribution in [2.24, 2.45) is 0 Å². The number of hydrogen-bond acceptors (Lipinski definition) is 2. The molecule has 1 rings (SSSR count). The topological polar surface area (TPSA) is 15.3 Å². The van der Waals surface area contributed by atoms with Crippen LogP contribution in [-0.4, -0.2) is 42.3 Å². The van der Waals surface area contributed by atoms with Crippen LogP contribution in [0, 0.1) is 0 Å². The van der Waals surface area contributed by atoms with E-state index in [0.717, 1.165) is 13.1 Å². The molecule has 0 aliphatic carbocycles. The minimum Gasteiger partial charge on any atom is -0.313 e. The van der Waals surface area contributed by atoms with Crippen molar-refractivity contribution < 1.29 is 13.2 Å². The molecule has 1 aliphatic rings. The van der Waals surface area contributed by atoms with Crippen LogP contribution in [0.1, 0.15) is 52.9 Å². The summed E-state index contributed by atoms with van der Waals surface area (Å²) in [7, 11) is 0. The number of halogens is 3. The Morgan fingerprint density at radius 1 is 1.26 bits per heavy atom. The third kappa shape index (κ3) is 6.61. The van der Waals surface area contributed by atoms with E-state index in [1.807, 2.05) is 6.92 Å². The lowest BCUT2D eigenvalue weighted by Crippen LogP contribution is -2.46. The largest absolute Gasteiger partial charge is 0.389 e. The Morgan fingerprint density at radius 2 is 1.95 bits per heavy atom. The molecule has 0 radical (unpaired) electrons. The van der Waals surface area contributed by atoms with E-state index in [0.29, 0.717) is 18.5 Å². The summed E-state index contributed by atoms with van der Waals surface area (Å²) in [6, 6.07) is 1.10. The predicted octanol–water partition coefficient (Wildman–Crippen LogP) is 3.57. The monoisotopic (exact) mass is 280 g/mol. The third-order valence-corrected chi connectivity index (χ3v) is 3.91. The van der Waals surface area contributed by atoms with Crippen LogP contribution < -0.4 is 5.32 Å². The summed E-state index contributed by atoms with van der Waals surface area (Å²) in [6.45, 7) is 8.31. The fraction of sp³-hybridized carbons (Fsp3) is 1.00. The number of nitrogens with one attached hydrogen (secondary N) is 1. The highest BCUT2D eigenvalue weighted by Crippen LogP contribution is 2.24. The van der Waals surface area contributed by atoms with Crippen molar-refractivity contribution in [1.82, 2.24) is 10.2 Å². The lowest BCUT2D eigenvalue weighted by Gasteiger charge is -2.35. The maximum Gasteiger partial charge on any atom is 0.389 e. The van der Waals surface area contributed by atoms with E-state index < -0.39 is 12.6 Å². The molecule has 1 fully saturated rings. The average Bonchev–Trinajstić information content (AvgIpc) is 2.76. The number of hydrogen-bond donors (Lipinski definition) is 1. The first-order valence-electron chi connectivity index (χ1n) is 7.35. The fourth-order valence-electron chi connectivity index (χ4n) is 2.83. The van der Waals surface area contributed by atoms with Gasteiger partial charge >= 0.3 is 6.18 Å². The molecule has 1 heterocycles. The molecular weight excluding hydrogens is 253 g/mol. The van der Waals surface area contributed by atoms with Gasteiger partial charge in [0.2, 0.25) is 0 Å². The Bertz CT molecular complexity index is 248. The number of alkyl halides is 3. The second-order valence-electron chi connectivity index (χ2n) is 5.94. The van der Waals surface area contributed by atoms with Gasteiger partial charge in [0.25, 0.3) is 0 Å². The van der Waals surface area contributed by atoms with Crippen molar-refractivity contribution in [3.8, 4) is 0 Å². The molecule has 0 aromatic heterocycles. The fourth-order valence-corrected chi connectivity index (χ4v) is 2.83. The van der Waals surface area contributed by atoms with Gasteiger partial charge in [0.1, 0.15) is 0 Å². The van der Waals surface area contributed by atoms with Gasteiger partial charge in [0.15, 0.2) is 0 Å². The molecule has 1 aliphatic heterocycles. The van der Waals surface area contributed by atoms with Gasteiger partial charge in [0.05, 0.1) is 0 Å². The van der Waals surface area contributed by atoms with E-state index in [-0.39, 0.29) is 12.5 Å². The zero-order valence-electron chi connectivity index (χ0n) is 12.3. The molecule has 0 spiro atoms. The maximum absolute atomic E-state index is 12.2. The van der Waals surface area contributed by atoms with Crippen molar-refractivity contribution in [2.75, 3.05) is 13.1 Å². The van der Waals surface area contributed by atoms with Gasteiger partial charge in [-0.25, -0.2) is 0 Å². The van der Waals surface area contributed by atoms with Crippen molar-refractivity contribution in [3.05, 3.63) is 0 Å². The molecule has 1 saturated heterocycles. The molecule has 2 nitrogen and oxygen atoms in total. The maximum atomic E-state index is 12.2. The van der Waals surface area contributed by atoms with E-state index in [1.165, 1.54) is 12.8 Å². The average molecular weight is 280 g/mol. The highest BCUT2D eigenvalue weighted by atomic mass is 19.4. The van der Waals surface area contributed by atoms with Crippen molar-refractivity contribution >= 4 is 0 Å². The van der Waals surface area contributed by atoms with Crippen molar-refractivity contribution in [1.29, 1.82) is 0 Å². The Morgan fingerprint density at radius 3 is 2.42 bits per heavy atom. The van der Waals surface area contributed by atoms with Crippen LogP contribution in [0.15, 0.2) is 0 Å². The summed E-state index contributed by atoms with van der Waals surface area (Å²) in [4.78, 5) is 2.33. The molecule has 0 bridgehead atoms. The summed E-state index contributed by atoms with van der Waals surface area (Å²) >= 11 is 0. The van der Waals surface area contributed by atoms with E-state index in [4.69, 9.17) is 0 Å². The van der Waals surface area contributed by atoms with E-state index >= 15 is 0 Å². The Kier molecular flexibility index (Phi) is 6.60.